The Kier molecular flexibility index (Phi) is 5.03. The van der Waals surface area contributed by atoms with Crippen molar-refractivity contribution in [1.29, 1.82) is 0 Å². The number of hydrogen-bond acceptors (Lipinski definition) is 3. The molecule has 0 unspecified atom stereocenters. The number of aryl methyl sites for hydroxylation is 2. The molecule has 3 aromatic heterocycles. The number of carbonyl (C=O) groups is 2. The van der Waals surface area contributed by atoms with Crippen molar-refractivity contribution >= 4 is 12.6 Å². The third-order valence-electron chi connectivity index (χ3n) is 4.28. The van der Waals surface area contributed by atoms with Gasteiger partial charge in [-0.05, 0) is 48.2 Å². The highest BCUT2D eigenvalue weighted by Gasteiger charge is 2.15. The highest BCUT2D eigenvalue weighted by atomic mass is 16.3. The standard InChI is InChI=1S/C20H22N2O3/c1-3-5-13-9-15(21-17(13)11-23)19-7-8-20(25-19)16-10-14(6-4-2)18(12-24)22-16/h7-12,21-22H,3-6H2,1-2H3. The lowest BCUT2D eigenvalue weighted by Crippen LogP contribution is -1.87. The van der Waals surface area contributed by atoms with Crippen molar-refractivity contribution in [2.75, 3.05) is 0 Å². The first-order valence-electron chi connectivity index (χ1n) is 8.64. The van der Waals surface area contributed by atoms with Gasteiger partial charge in [-0.25, -0.2) is 0 Å². The Morgan fingerprint density at radius 1 is 0.840 bits per heavy atom. The van der Waals surface area contributed by atoms with Gasteiger partial charge in [0.1, 0.15) is 0 Å². The van der Waals surface area contributed by atoms with E-state index in [9.17, 15) is 9.59 Å². The molecule has 0 amide bonds. The Balaban J connectivity index is 1.92. The van der Waals surface area contributed by atoms with Gasteiger partial charge in [0.05, 0.1) is 22.8 Å². The summed E-state index contributed by atoms with van der Waals surface area (Å²) in [6, 6.07) is 7.66. The second-order valence-corrected chi connectivity index (χ2v) is 6.14. The SMILES string of the molecule is CCCc1cc(-c2ccc(-c3cc(CCC)c(C=O)[nH]3)o2)[nH]c1C=O. The van der Waals surface area contributed by atoms with Crippen LogP contribution in [0.1, 0.15) is 58.8 Å². The molecule has 0 radical (unpaired) electrons. The summed E-state index contributed by atoms with van der Waals surface area (Å²) in [7, 11) is 0. The Hall–Kier alpha value is -2.82. The number of rotatable bonds is 8. The van der Waals surface area contributed by atoms with Gasteiger partial charge in [-0.15, -0.1) is 0 Å². The molecule has 0 saturated carbocycles. The molecule has 0 aliphatic rings. The first-order valence-corrected chi connectivity index (χ1v) is 8.64. The van der Waals surface area contributed by atoms with E-state index in [4.69, 9.17) is 4.42 Å². The fourth-order valence-corrected chi connectivity index (χ4v) is 3.08. The van der Waals surface area contributed by atoms with Crippen molar-refractivity contribution in [3.05, 3.63) is 46.8 Å². The third-order valence-corrected chi connectivity index (χ3v) is 4.28. The molecule has 130 valence electrons. The summed E-state index contributed by atoms with van der Waals surface area (Å²) in [5.74, 6) is 1.33. The minimum absolute atomic E-state index is 0.600. The van der Waals surface area contributed by atoms with E-state index in [-0.39, 0.29) is 0 Å². The lowest BCUT2D eigenvalue weighted by atomic mass is 10.1. The van der Waals surface area contributed by atoms with Crippen LogP contribution in [0.3, 0.4) is 0 Å². The molecule has 0 spiro atoms. The maximum Gasteiger partial charge on any atom is 0.166 e. The minimum atomic E-state index is 0.600. The summed E-state index contributed by atoms with van der Waals surface area (Å²) in [5, 5.41) is 0. The summed E-state index contributed by atoms with van der Waals surface area (Å²) in [6.07, 6.45) is 5.32. The van der Waals surface area contributed by atoms with Crippen LogP contribution in [0.4, 0.5) is 0 Å². The Labute approximate surface area is 146 Å². The van der Waals surface area contributed by atoms with E-state index in [0.29, 0.717) is 22.9 Å². The van der Waals surface area contributed by atoms with Gasteiger partial charge in [0.2, 0.25) is 0 Å². The first-order chi connectivity index (χ1) is 12.2. The molecule has 0 bridgehead atoms. The van der Waals surface area contributed by atoms with Crippen LogP contribution < -0.4 is 0 Å². The van der Waals surface area contributed by atoms with Gasteiger partial charge >= 0.3 is 0 Å². The molecule has 0 fully saturated rings. The molecular weight excluding hydrogens is 316 g/mol. The van der Waals surface area contributed by atoms with E-state index >= 15 is 0 Å². The van der Waals surface area contributed by atoms with Gasteiger partial charge in [0, 0.05) is 0 Å². The van der Waals surface area contributed by atoms with Crippen molar-refractivity contribution in [2.45, 2.75) is 39.5 Å². The van der Waals surface area contributed by atoms with E-state index in [1.54, 1.807) is 0 Å². The van der Waals surface area contributed by atoms with Gasteiger partial charge in [0.15, 0.2) is 24.1 Å². The van der Waals surface area contributed by atoms with Crippen molar-refractivity contribution in [3.8, 4) is 22.9 Å². The van der Waals surface area contributed by atoms with E-state index in [0.717, 1.165) is 60.8 Å². The molecular formula is C20H22N2O3. The summed E-state index contributed by atoms with van der Waals surface area (Å²) in [6.45, 7) is 4.16. The number of aromatic nitrogens is 2. The molecule has 0 aliphatic carbocycles. The van der Waals surface area contributed by atoms with E-state index in [1.165, 1.54) is 0 Å². The van der Waals surface area contributed by atoms with Gasteiger partial charge < -0.3 is 14.4 Å². The molecule has 5 heteroatoms. The minimum Gasteiger partial charge on any atom is -0.453 e. The molecule has 2 N–H and O–H groups in total. The maximum absolute atomic E-state index is 11.2. The summed E-state index contributed by atoms with van der Waals surface area (Å²) >= 11 is 0. The zero-order valence-corrected chi connectivity index (χ0v) is 14.5. The van der Waals surface area contributed by atoms with Crippen molar-refractivity contribution in [2.24, 2.45) is 0 Å². The monoisotopic (exact) mass is 338 g/mol. The number of aldehydes is 2. The van der Waals surface area contributed by atoms with E-state index in [1.807, 2.05) is 24.3 Å². The van der Waals surface area contributed by atoms with Crippen LogP contribution in [-0.2, 0) is 12.8 Å². The zero-order chi connectivity index (χ0) is 17.8. The van der Waals surface area contributed by atoms with Crippen LogP contribution in [0.5, 0.6) is 0 Å². The molecule has 3 aromatic rings. The molecule has 5 nitrogen and oxygen atoms in total. The highest BCUT2D eigenvalue weighted by Crippen LogP contribution is 2.30. The molecule has 0 aromatic carbocycles. The number of H-pyrrole nitrogens is 2. The zero-order valence-electron chi connectivity index (χ0n) is 14.5. The second kappa shape index (κ2) is 7.38. The molecule has 0 saturated heterocycles. The number of hydrogen-bond donors (Lipinski definition) is 2. The fraction of sp³-hybridized carbons (Fsp3) is 0.300. The summed E-state index contributed by atoms with van der Waals surface area (Å²) in [5.41, 5.74) is 4.77. The number of aromatic amines is 2. The first kappa shape index (κ1) is 17.0. The van der Waals surface area contributed by atoms with Gasteiger partial charge in [0.25, 0.3) is 0 Å². The smallest absolute Gasteiger partial charge is 0.166 e. The molecule has 3 heterocycles. The molecule has 0 aliphatic heterocycles. The number of nitrogens with one attached hydrogen (secondary N) is 2. The van der Waals surface area contributed by atoms with Crippen LogP contribution in [0, 0.1) is 0 Å². The van der Waals surface area contributed by atoms with Crippen molar-refractivity contribution < 1.29 is 14.0 Å². The normalized spacial score (nSPS) is 11.0. The van der Waals surface area contributed by atoms with Crippen molar-refractivity contribution in [3.63, 3.8) is 0 Å². The maximum atomic E-state index is 11.2. The number of carbonyl (C=O) groups excluding carboxylic acids is 2. The molecule has 25 heavy (non-hydrogen) atoms. The van der Waals surface area contributed by atoms with Crippen molar-refractivity contribution in [1.82, 2.24) is 9.97 Å². The Morgan fingerprint density at radius 2 is 1.28 bits per heavy atom. The van der Waals surface area contributed by atoms with Gasteiger partial charge in [-0.1, -0.05) is 26.7 Å². The van der Waals surface area contributed by atoms with Crippen LogP contribution in [0.15, 0.2) is 28.7 Å². The molecule has 3 rings (SSSR count). The lowest BCUT2D eigenvalue weighted by Gasteiger charge is -1.93. The predicted octanol–water partition coefficient (Wildman–Crippen LogP) is 4.80. The second-order valence-electron chi connectivity index (χ2n) is 6.14. The van der Waals surface area contributed by atoms with Gasteiger partial charge in [-0.2, -0.15) is 0 Å². The van der Waals surface area contributed by atoms with Crippen LogP contribution >= 0.6 is 0 Å². The predicted molar refractivity (Wildman–Crippen MR) is 97.0 cm³/mol. The fourth-order valence-electron chi connectivity index (χ4n) is 3.08. The third kappa shape index (κ3) is 3.36. The Bertz CT molecular complexity index is 812. The average molecular weight is 338 g/mol. The van der Waals surface area contributed by atoms with E-state index in [2.05, 4.69) is 23.8 Å². The van der Waals surface area contributed by atoms with Crippen LogP contribution in [-0.4, -0.2) is 22.5 Å². The quantitative estimate of drug-likeness (QED) is 0.579. The Morgan fingerprint density at radius 3 is 1.64 bits per heavy atom. The largest absolute Gasteiger partial charge is 0.453 e. The summed E-state index contributed by atoms with van der Waals surface area (Å²) < 4.78 is 5.94. The number of furan rings is 1. The molecule has 0 atom stereocenters. The van der Waals surface area contributed by atoms with E-state index < -0.39 is 0 Å². The highest BCUT2D eigenvalue weighted by molar-refractivity contribution is 5.79. The van der Waals surface area contributed by atoms with Crippen LogP contribution in [0.2, 0.25) is 0 Å². The lowest BCUT2D eigenvalue weighted by molar-refractivity contribution is 0.111. The van der Waals surface area contributed by atoms with Crippen LogP contribution in [0.25, 0.3) is 22.9 Å². The van der Waals surface area contributed by atoms with Gasteiger partial charge in [-0.3, -0.25) is 9.59 Å². The topological polar surface area (TPSA) is 78.9 Å². The summed E-state index contributed by atoms with van der Waals surface area (Å²) in [4.78, 5) is 28.7. The average Bonchev–Trinajstić information content (AvgIpc) is 3.32.